The minimum absolute atomic E-state index is 0.0833. The fourth-order valence-corrected chi connectivity index (χ4v) is 0.0745. The average molecular weight is 118 g/mol. The molecule has 0 spiro atoms. The molecule has 0 unspecified atom stereocenters. The van der Waals surface area contributed by atoms with Gasteiger partial charge in [-0.15, -0.1) is 0 Å². The summed E-state index contributed by atoms with van der Waals surface area (Å²) in [5, 5.41) is 9.98. The first kappa shape index (κ1) is 7.36. The van der Waals surface area contributed by atoms with Crippen molar-refractivity contribution < 1.29 is 4.92 Å². The second-order valence-electron chi connectivity index (χ2n) is 2.27. The van der Waals surface area contributed by atoms with Gasteiger partial charge in [0.1, 0.15) is 0 Å². The zero-order valence-corrected chi connectivity index (χ0v) is 5.05. The zero-order chi connectivity index (χ0) is 6.78. The van der Waals surface area contributed by atoms with Gasteiger partial charge in [0.05, 0.1) is 6.54 Å². The summed E-state index contributed by atoms with van der Waals surface area (Å²) in [5.74, 6) is 0. The van der Waals surface area contributed by atoms with E-state index in [4.69, 9.17) is 5.73 Å². The average Bonchev–Trinajstić information content (AvgIpc) is 1.67. The molecule has 48 valence electrons. The zero-order valence-electron chi connectivity index (χ0n) is 5.05. The summed E-state index contributed by atoms with van der Waals surface area (Å²) < 4.78 is 0. The lowest BCUT2D eigenvalue weighted by atomic mass is 10.1. The van der Waals surface area contributed by atoms with Crippen molar-refractivity contribution in [3.05, 3.63) is 10.1 Å². The van der Waals surface area contributed by atoms with Gasteiger partial charge in [-0.05, 0) is 0 Å². The van der Waals surface area contributed by atoms with Crippen LogP contribution in [0, 0.1) is 10.1 Å². The van der Waals surface area contributed by atoms with Crippen LogP contribution in [0.2, 0.25) is 0 Å². The third-order valence-corrected chi connectivity index (χ3v) is 0.994. The molecular weight excluding hydrogens is 108 g/mol. The van der Waals surface area contributed by atoms with Crippen LogP contribution in [-0.4, -0.2) is 17.0 Å². The minimum Gasteiger partial charge on any atom is -0.324 e. The fourth-order valence-electron chi connectivity index (χ4n) is 0.0745. The van der Waals surface area contributed by atoms with Crippen molar-refractivity contribution in [1.82, 2.24) is 0 Å². The molecule has 0 aliphatic rings. The van der Waals surface area contributed by atoms with E-state index in [2.05, 4.69) is 0 Å². The van der Waals surface area contributed by atoms with E-state index in [9.17, 15) is 10.1 Å². The normalized spacial score (nSPS) is 11.4. The van der Waals surface area contributed by atoms with Crippen molar-refractivity contribution in [1.29, 1.82) is 0 Å². The molecule has 0 amide bonds. The molecule has 4 nitrogen and oxygen atoms in total. The Balaban J connectivity index is 3.91. The van der Waals surface area contributed by atoms with Crippen LogP contribution in [-0.2, 0) is 0 Å². The summed E-state index contributed by atoms with van der Waals surface area (Å²) in [6, 6.07) is 0. The van der Waals surface area contributed by atoms with Gasteiger partial charge in [0.2, 0.25) is 5.54 Å². The molecule has 0 aromatic carbocycles. The SMILES string of the molecule is CC(C)(CN)[N+](=O)[O-]. The van der Waals surface area contributed by atoms with E-state index >= 15 is 0 Å². The largest absolute Gasteiger partial charge is 0.324 e. The Morgan fingerprint density at radius 1 is 1.75 bits per heavy atom. The van der Waals surface area contributed by atoms with E-state index in [0.29, 0.717) is 0 Å². The van der Waals surface area contributed by atoms with Gasteiger partial charge in [0.15, 0.2) is 0 Å². The maximum atomic E-state index is 9.98. The van der Waals surface area contributed by atoms with Crippen molar-refractivity contribution in [2.24, 2.45) is 5.73 Å². The van der Waals surface area contributed by atoms with Crippen molar-refractivity contribution in [3.63, 3.8) is 0 Å². The molecule has 0 aliphatic heterocycles. The predicted octanol–water partition coefficient (Wildman–Crippen LogP) is 0.000400. The van der Waals surface area contributed by atoms with Crippen molar-refractivity contribution >= 4 is 0 Å². The molecule has 0 atom stereocenters. The van der Waals surface area contributed by atoms with E-state index in [1.54, 1.807) is 0 Å². The smallest absolute Gasteiger partial charge is 0.228 e. The predicted molar refractivity (Wildman–Crippen MR) is 30.1 cm³/mol. The Morgan fingerprint density at radius 3 is 2.12 bits per heavy atom. The number of rotatable bonds is 2. The van der Waals surface area contributed by atoms with Crippen LogP contribution >= 0.6 is 0 Å². The lowest BCUT2D eigenvalue weighted by Gasteiger charge is -2.10. The van der Waals surface area contributed by atoms with Gasteiger partial charge in [-0.25, -0.2) is 0 Å². The Bertz CT molecular complexity index is 100. The summed E-state index contributed by atoms with van der Waals surface area (Å²) in [7, 11) is 0. The monoisotopic (exact) mass is 118 g/mol. The highest BCUT2D eigenvalue weighted by atomic mass is 16.6. The molecule has 0 aliphatic carbocycles. The number of nitrogens with two attached hydrogens (primary N) is 1. The third kappa shape index (κ3) is 1.46. The highest BCUT2D eigenvalue weighted by Crippen LogP contribution is 2.02. The highest BCUT2D eigenvalue weighted by Gasteiger charge is 2.27. The van der Waals surface area contributed by atoms with Crippen LogP contribution in [0.5, 0.6) is 0 Å². The quantitative estimate of drug-likeness (QED) is 0.410. The standard InChI is InChI=1S/C4H10N2O2/c1-4(2,3-5)6(7)8/h3,5H2,1-2H3. The molecule has 0 aromatic heterocycles. The van der Waals surface area contributed by atoms with Crippen LogP contribution in [0.4, 0.5) is 0 Å². The Labute approximate surface area is 47.8 Å². The molecule has 4 heteroatoms. The Hall–Kier alpha value is -0.640. The molecule has 0 fully saturated rings. The highest BCUT2D eigenvalue weighted by molar-refractivity contribution is 4.65. The van der Waals surface area contributed by atoms with E-state index in [1.807, 2.05) is 0 Å². The molecule has 0 rings (SSSR count). The second-order valence-corrected chi connectivity index (χ2v) is 2.27. The molecular formula is C4H10N2O2. The maximum absolute atomic E-state index is 9.98. The van der Waals surface area contributed by atoms with Crippen LogP contribution in [0.25, 0.3) is 0 Å². The van der Waals surface area contributed by atoms with Gasteiger partial charge in [-0.2, -0.15) is 0 Å². The molecule has 0 saturated carbocycles. The molecule has 0 heterocycles. The number of hydrogen-bond acceptors (Lipinski definition) is 3. The van der Waals surface area contributed by atoms with Crippen LogP contribution in [0.3, 0.4) is 0 Å². The lowest BCUT2D eigenvalue weighted by Crippen LogP contribution is -2.38. The molecule has 0 saturated heterocycles. The van der Waals surface area contributed by atoms with Crippen LogP contribution in [0.15, 0.2) is 0 Å². The van der Waals surface area contributed by atoms with E-state index in [0.717, 1.165) is 0 Å². The minimum atomic E-state index is -0.958. The van der Waals surface area contributed by atoms with Gasteiger partial charge in [0, 0.05) is 18.8 Å². The molecule has 0 bridgehead atoms. The van der Waals surface area contributed by atoms with Crippen LogP contribution < -0.4 is 5.73 Å². The summed E-state index contributed by atoms with van der Waals surface area (Å²) >= 11 is 0. The number of nitrogens with zero attached hydrogens (tertiary/aromatic N) is 1. The summed E-state index contributed by atoms with van der Waals surface area (Å²) in [6.45, 7) is 3.07. The molecule has 2 N–H and O–H groups in total. The lowest BCUT2D eigenvalue weighted by molar-refractivity contribution is -0.557. The second kappa shape index (κ2) is 2.09. The van der Waals surface area contributed by atoms with Gasteiger partial charge in [-0.3, -0.25) is 10.1 Å². The summed E-state index contributed by atoms with van der Waals surface area (Å²) in [5.41, 5.74) is 4.11. The Morgan fingerprint density at radius 2 is 2.12 bits per heavy atom. The summed E-state index contributed by atoms with van der Waals surface area (Å²) in [4.78, 5) is 9.60. The number of hydrogen-bond donors (Lipinski definition) is 1. The maximum Gasteiger partial charge on any atom is 0.228 e. The molecule has 0 aromatic rings. The molecule has 0 radical (unpaired) electrons. The van der Waals surface area contributed by atoms with E-state index in [1.165, 1.54) is 13.8 Å². The first-order valence-corrected chi connectivity index (χ1v) is 2.35. The van der Waals surface area contributed by atoms with Crippen molar-refractivity contribution in [2.75, 3.05) is 6.54 Å². The van der Waals surface area contributed by atoms with Gasteiger partial charge in [-0.1, -0.05) is 0 Å². The van der Waals surface area contributed by atoms with Gasteiger partial charge >= 0.3 is 0 Å². The number of nitro groups is 1. The first-order valence-electron chi connectivity index (χ1n) is 2.35. The van der Waals surface area contributed by atoms with Crippen molar-refractivity contribution in [3.8, 4) is 0 Å². The fraction of sp³-hybridized carbons (Fsp3) is 1.00. The van der Waals surface area contributed by atoms with Gasteiger partial charge in [0.25, 0.3) is 0 Å². The topological polar surface area (TPSA) is 69.2 Å². The summed E-state index contributed by atoms with van der Waals surface area (Å²) in [6.07, 6.45) is 0. The van der Waals surface area contributed by atoms with Crippen molar-refractivity contribution in [2.45, 2.75) is 19.4 Å². The molecule has 8 heavy (non-hydrogen) atoms. The van der Waals surface area contributed by atoms with Crippen LogP contribution in [0.1, 0.15) is 13.8 Å². The van der Waals surface area contributed by atoms with E-state index < -0.39 is 5.54 Å². The van der Waals surface area contributed by atoms with Gasteiger partial charge < -0.3 is 5.73 Å². The Kier molecular flexibility index (Phi) is 1.92. The van der Waals surface area contributed by atoms with E-state index in [-0.39, 0.29) is 11.5 Å². The first-order chi connectivity index (χ1) is 3.50. The third-order valence-electron chi connectivity index (χ3n) is 0.994.